The summed E-state index contributed by atoms with van der Waals surface area (Å²) >= 11 is 0. The summed E-state index contributed by atoms with van der Waals surface area (Å²) in [5, 5.41) is 12.2. The highest BCUT2D eigenvalue weighted by Gasteiger charge is 2.27. The largest absolute Gasteiger partial charge is 0.507 e. The summed E-state index contributed by atoms with van der Waals surface area (Å²) in [6.45, 7) is 1.74. The van der Waals surface area contributed by atoms with Gasteiger partial charge >= 0.3 is 12.0 Å². The maximum atomic E-state index is 11.8. The number of carbonyl (C=O) groups is 3. The average molecular weight is 278 g/mol. The lowest BCUT2D eigenvalue weighted by molar-refractivity contribution is -0.130. The predicted molar refractivity (Wildman–Crippen MR) is 68.2 cm³/mol. The fourth-order valence-corrected chi connectivity index (χ4v) is 1.82. The zero-order valence-corrected chi connectivity index (χ0v) is 10.9. The average Bonchev–Trinajstić information content (AvgIpc) is 2.85. The first kappa shape index (κ1) is 13.9. The van der Waals surface area contributed by atoms with Gasteiger partial charge in [0, 0.05) is 13.1 Å². The van der Waals surface area contributed by atoms with Crippen molar-refractivity contribution in [3.8, 4) is 5.75 Å². The van der Waals surface area contributed by atoms with Crippen molar-refractivity contribution in [1.29, 1.82) is 0 Å². The molecule has 1 aliphatic heterocycles. The molecule has 7 heteroatoms. The summed E-state index contributed by atoms with van der Waals surface area (Å²) in [6.07, 6.45) is 0. The molecule has 0 atom stereocenters. The molecule has 1 aliphatic rings. The van der Waals surface area contributed by atoms with Crippen LogP contribution in [0.2, 0.25) is 0 Å². The zero-order valence-electron chi connectivity index (χ0n) is 10.9. The Hall–Kier alpha value is -2.57. The summed E-state index contributed by atoms with van der Waals surface area (Å²) in [5.41, 5.74) is 0.522. The molecule has 0 unspecified atom stereocenters. The van der Waals surface area contributed by atoms with Crippen molar-refractivity contribution in [3.05, 3.63) is 29.3 Å². The van der Waals surface area contributed by atoms with Crippen LogP contribution in [0.1, 0.15) is 15.9 Å². The van der Waals surface area contributed by atoms with Crippen molar-refractivity contribution in [2.24, 2.45) is 0 Å². The van der Waals surface area contributed by atoms with Gasteiger partial charge < -0.3 is 15.2 Å². The van der Waals surface area contributed by atoms with E-state index in [-0.39, 0.29) is 17.9 Å². The second-order valence-electron chi connectivity index (χ2n) is 4.32. The monoisotopic (exact) mass is 278 g/mol. The quantitative estimate of drug-likeness (QED) is 0.781. The Morgan fingerprint density at radius 2 is 2.20 bits per heavy atom. The molecule has 1 saturated heterocycles. The van der Waals surface area contributed by atoms with Crippen molar-refractivity contribution in [3.63, 3.8) is 0 Å². The van der Waals surface area contributed by atoms with Gasteiger partial charge in [-0.15, -0.1) is 0 Å². The zero-order chi connectivity index (χ0) is 14.7. The molecule has 1 heterocycles. The maximum absolute atomic E-state index is 11.8. The predicted octanol–water partition coefficient (Wildman–Crippen LogP) is 0.409. The van der Waals surface area contributed by atoms with Gasteiger partial charge in [-0.2, -0.15) is 0 Å². The number of urea groups is 1. The number of esters is 1. The van der Waals surface area contributed by atoms with Crippen molar-refractivity contribution in [2.45, 2.75) is 6.92 Å². The number of benzene rings is 1. The molecule has 1 aromatic rings. The highest BCUT2D eigenvalue weighted by Crippen LogP contribution is 2.22. The molecule has 0 saturated carbocycles. The number of rotatable bonds is 3. The van der Waals surface area contributed by atoms with Crippen LogP contribution in [0.25, 0.3) is 0 Å². The number of carbonyl (C=O) groups excluding carboxylic acids is 3. The van der Waals surface area contributed by atoms with Crippen molar-refractivity contribution >= 4 is 17.9 Å². The Morgan fingerprint density at radius 3 is 2.85 bits per heavy atom. The van der Waals surface area contributed by atoms with Crippen molar-refractivity contribution in [1.82, 2.24) is 10.2 Å². The second kappa shape index (κ2) is 5.60. The Morgan fingerprint density at radius 1 is 1.45 bits per heavy atom. The van der Waals surface area contributed by atoms with Crippen molar-refractivity contribution in [2.75, 3.05) is 19.7 Å². The number of nitrogens with zero attached hydrogens (tertiary/aromatic N) is 1. The number of para-hydroxylation sites is 1. The van der Waals surface area contributed by atoms with Crippen LogP contribution in [0.4, 0.5) is 4.79 Å². The topological polar surface area (TPSA) is 95.9 Å². The number of imide groups is 1. The summed E-state index contributed by atoms with van der Waals surface area (Å²) in [5.74, 6) is -1.58. The van der Waals surface area contributed by atoms with Gasteiger partial charge in [0.25, 0.3) is 5.91 Å². The van der Waals surface area contributed by atoms with Crippen LogP contribution < -0.4 is 5.32 Å². The smallest absolute Gasteiger partial charge is 0.342 e. The lowest BCUT2D eigenvalue weighted by atomic mass is 10.1. The van der Waals surface area contributed by atoms with Gasteiger partial charge in [-0.3, -0.25) is 9.69 Å². The van der Waals surface area contributed by atoms with Crippen LogP contribution in [0.5, 0.6) is 5.75 Å². The number of aryl methyl sites for hydroxylation is 1. The maximum Gasteiger partial charge on any atom is 0.342 e. The van der Waals surface area contributed by atoms with E-state index in [0.29, 0.717) is 12.1 Å². The van der Waals surface area contributed by atoms with Crippen LogP contribution in [0.15, 0.2) is 18.2 Å². The van der Waals surface area contributed by atoms with Crippen molar-refractivity contribution < 1.29 is 24.2 Å². The third kappa shape index (κ3) is 2.71. The molecule has 0 spiro atoms. The van der Waals surface area contributed by atoms with Crippen LogP contribution in [-0.2, 0) is 9.53 Å². The third-order valence-electron chi connectivity index (χ3n) is 2.94. The number of ether oxygens (including phenoxy) is 1. The van der Waals surface area contributed by atoms with Crippen LogP contribution in [0, 0.1) is 6.92 Å². The van der Waals surface area contributed by atoms with E-state index >= 15 is 0 Å². The molecule has 7 nitrogen and oxygen atoms in total. The normalized spacial score (nSPS) is 14.1. The van der Waals surface area contributed by atoms with Gasteiger partial charge in [-0.05, 0) is 18.6 Å². The lowest BCUT2D eigenvalue weighted by Gasteiger charge is -2.12. The van der Waals surface area contributed by atoms with E-state index in [0.717, 1.165) is 4.90 Å². The van der Waals surface area contributed by atoms with Crippen LogP contribution >= 0.6 is 0 Å². The second-order valence-corrected chi connectivity index (χ2v) is 4.32. The molecule has 20 heavy (non-hydrogen) atoms. The molecule has 0 bridgehead atoms. The Bertz CT molecular complexity index is 570. The van der Waals surface area contributed by atoms with Gasteiger partial charge in [0.1, 0.15) is 11.3 Å². The standard InChI is InChI=1S/C13H14N2O5/c1-8-3-2-4-9(11(8)17)12(18)20-7-10(16)15-6-5-14-13(15)19/h2-4,17H,5-7H2,1H3,(H,14,19). The van der Waals surface area contributed by atoms with Gasteiger partial charge in [-0.25, -0.2) is 9.59 Å². The molecule has 0 aromatic heterocycles. The Labute approximate surface area is 115 Å². The highest BCUT2D eigenvalue weighted by molar-refractivity contribution is 5.98. The van der Waals surface area contributed by atoms with E-state index in [2.05, 4.69) is 5.32 Å². The number of amides is 3. The minimum absolute atomic E-state index is 0.0105. The van der Waals surface area contributed by atoms with Gasteiger partial charge in [-0.1, -0.05) is 12.1 Å². The summed E-state index contributed by atoms with van der Waals surface area (Å²) in [4.78, 5) is 35.7. The number of hydrogen-bond donors (Lipinski definition) is 2. The Balaban J connectivity index is 1.97. The SMILES string of the molecule is Cc1cccc(C(=O)OCC(=O)N2CCNC2=O)c1O. The van der Waals surface area contributed by atoms with Crippen LogP contribution in [0.3, 0.4) is 0 Å². The molecular formula is C13H14N2O5. The molecule has 3 amide bonds. The van der Waals surface area contributed by atoms with E-state index in [9.17, 15) is 19.5 Å². The molecule has 1 aromatic carbocycles. The number of hydrogen-bond acceptors (Lipinski definition) is 5. The first-order chi connectivity index (χ1) is 9.50. The minimum Gasteiger partial charge on any atom is -0.507 e. The number of nitrogens with one attached hydrogen (secondary N) is 1. The fraction of sp³-hybridized carbons (Fsp3) is 0.308. The molecule has 106 valence electrons. The molecular weight excluding hydrogens is 264 g/mol. The summed E-state index contributed by atoms with van der Waals surface area (Å²) in [6, 6.07) is 4.15. The van der Waals surface area contributed by atoms with Gasteiger partial charge in [0.05, 0.1) is 0 Å². The summed E-state index contributed by atoms with van der Waals surface area (Å²) < 4.78 is 4.82. The molecule has 2 rings (SSSR count). The molecule has 2 N–H and O–H groups in total. The van der Waals surface area contributed by atoms with Gasteiger partial charge in [0.15, 0.2) is 6.61 Å². The molecule has 0 aliphatic carbocycles. The number of phenolic OH excluding ortho intramolecular Hbond substituents is 1. The summed E-state index contributed by atoms with van der Waals surface area (Å²) in [7, 11) is 0. The number of aromatic hydroxyl groups is 1. The number of phenols is 1. The Kier molecular flexibility index (Phi) is 3.88. The first-order valence-electron chi connectivity index (χ1n) is 6.04. The minimum atomic E-state index is -0.806. The van der Waals surface area contributed by atoms with E-state index in [1.54, 1.807) is 19.1 Å². The van der Waals surface area contributed by atoms with E-state index in [1.807, 2.05) is 0 Å². The molecule has 0 radical (unpaired) electrons. The third-order valence-corrected chi connectivity index (χ3v) is 2.94. The van der Waals surface area contributed by atoms with E-state index in [4.69, 9.17) is 4.74 Å². The first-order valence-corrected chi connectivity index (χ1v) is 6.04. The van der Waals surface area contributed by atoms with Crippen LogP contribution in [-0.4, -0.2) is 47.6 Å². The lowest BCUT2D eigenvalue weighted by Crippen LogP contribution is -2.37. The molecule has 1 fully saturated rings. The van der Waals surface area contributed by atoms with Gasteiger partial charge in [0.2, 0.25) is 0 Å². The van der Waals surface area contributed by atoms with E-state index < -0.39 is 24.5 Å². The van der Waals surface area contributed by atoms with E-state index in [1.165, 1.54) is 6.07 Å². The highest BCUT2D eigenvalue weighted by atomic mass is 16.5. The fourth-order valence-electron chi connectivity index (χ4n) is 1.82.